The van der Waals surface area contributed by atoms with Crippen molar-refractivity contribution in [3.05, 3.63) is 24.3 Å². The van der Waals surface area contributed by atoms with E-state index in [1.165, 1.54) is 32.1 Å². The van der Waals surface area contributed by atoms with Gasteiger partial charge in [0.25, 0.3) is 0 Å². The van der Waals surface area contributed by atoms with Crippen molar-refractivity contribution >= 4 is 34.2 Å². The standard InChI is InChI=1S/C11H18ClI/c12-10-8-6-4-2-1-3-5-7-9-11-13/h6-9H,1-5,10-11H2/b8-6+,9-7+. The van der Waals surface area contributed by atoms with Crippen LogP contribution in [0.5, 0.6) is 0 Å². The summed E-state index contributed by atoms with van der Waals surface area (Å²) in [5, 5.41) is 0. The molecule has 0 saturated heterocycles. The van der Waals surface area contributed by atoms with Crippen molar-refractivity contribution in [2.45, 2.75) is 32.1 Å². The zero-order valence-electron chi connectivity index (χ0n) is 8.02. The van der Waals surface area contributed by atoms with E-state index in [4.69, 9.17) is 11.6 Å². The van der Waals surface area contributed by atoms with E-state index in [9.17, 15) is 0 Å². The second-order valence-electron chi connectivity index (χ2n) is 2.89. The molecule has 0 aliphatic rings. The van der Waals surface area contributed by atoms with Crippen LogP contribution in [-0.4, -0.2) is 10.3 Å². The van der Waals surface area contributed by atoms with E-state index in [0.29, 0.717) is 5.88 Å². The maximum atomic E-state index is 5.50. The molecule has 0 fully saturated rings. The average Bonchev–Trinajstić information content (AvgIpc) is 2.16. The fourth-order valence-electron chi connectivity index (χ4n) is 1.06. The predicted octanol–water partition coefficient (Wildman–Crippen LogP) is 4.72. The van der Waals surface area contributed by atoms with Crippen LogP contribution >= 0.6 is 34.2 Å². The summed E-state index contributed by atoms with van der Waals surface area (Å²) < 4.78 is 1.14. The maximum absolute atomic E-state index is 5.50. The van der Waals surface area contributed by atoms with Crippen LogP contribution in [0.4, 0.5) is 0 Å². The number of rotatable bonds is 8. The summed E-state index contributed by atoms with van der Waals surface area (Å²) in [6.45, 7) is 0. The number of hydrogen-bond donors (Lipinski definition) is 0. The molecule has 0 rings (SSSR count). The van der Waals surface area contributed by atoms with Crippen LogP contribution in [0, 0.1) is 0 Å². The molecule has 0 aliphatic heterocycles. The summed E-state index contributed by atoms with van der Waals surface area (Å²) in [6, 6.07) is 0. The molecule has 0 saturated carbocycles. The number of halogens is 2. The second kappa shape index (κ2) is 12.5. The van der Waals surface area contributed by atoms with Crippen LogP contribution in [0.2, 0.25) is 0 Å². The van der Waals surface area contributed by atoms with Crippen molar-refractivity contribution in [3.63, 3.8) is 0 Å². The molecule has 0 nitrogen and oxygen atoms in total. The topological polar surface area (TPSA) is 0 Å². The molecule has 0 N–H and O–H groups in total. The molecule has 0 bridgehead atoms. The molecular weight excluding hydrogens is 294 g/mol. The Morgan fingerprint density at radius 3 is 2.00 bits per heavy atom. The highest BCUT2D eigenvalue weighted by Gasteiger charge is 1.85. The Kier molecular flexibility index (Phi) is 13.0. The molecule has 76 valence electrons. The van der Waals surface area contributed by atoms with Crippen molar-refractivity contribution in [2.75, 3.05) is 10.3 Å². The molecule has 0 heterocycles. The van der Waals surface area contributed by atoms with E-state index in [0.717, 1.165) is 4.43 Å². The molecule has 13 heavy (non-hydrogen) atoms. The molecular formula is C11H18ClI. The van der Waals surface area contributed by atoms with Gasteiger partial charge < -0.3 is 0 Å². The summed E-state index contributed by atoms with van der Waals surface area (Å²) >= 11 is 7.86. The molecule has 0 radical (unpaired) electrons. The third kappa shape index (κ3) is 12.5. The lowest BCUT2D eigenvalue weighted by atomic mass is 10.1. The summed E-state index contributed by atoms with van der Waals surface area (Å²) in [5.41, 5.74) is 0. The Labute approximate surface area is 101 Å². The Hall–Kier alpha value is 0.500. The van der Waals surface area contributed by atoms with Gasteiger partial charge in [0.15, 0.2) is 0 Å². The van der Waals surface area contributed by atoms with E-state index in [2.05, 4.69) is 40.8 Å². The van der Waals surface area contributed by atoms with Crippen LogP contribution in [0.3, 0.4) is 0 Å². The highest BCUT2D eigenvalue weighted by molar-refractivity contribution is 14.1. The first-order chi connectivity index (χ1) is 6.41. The molecule has 2 heteroatoms. The van der Waals surface area contributed by atoms with Crippen molar-refractivity contribution in [1.29, 1.82) is 0 Å². The van der Waals surface area contributed by atoms with E-state index in [1.807, 2.05) is 6.08 Å². The lowest BCUT2D eigenvalue weighted by Gasteiger charge is -1.94. The molecule has 0 amide bonds. The van der Waals surface area contributed by atoms with Crippen molar-refractivity contribution in [3.8, 4) is 0 Å². The number of alkyl halides is 2. The summed E-state index contributed by atoms with van der Waals surface area (Å²) in [5.74, 6) is 0.651. The van der Waals surface area contributed by atoms with Crippen LogP contribution in [0.25, 0.3) is 0 Å². The first-order valence-electron chi connectivity index (χ1n) is 4.83. The number of hydrogen-bond acceptors (Lipinski definition) is 0. The highest BCUT2D eigenvalue weighted by atomic mass is 127. The smallest absolute Gasteiger partial charge is 0.0404 e. The Morgan fingerprint density at radius 1 is 0.846 bits per heavy atom. The molecule has 0 atom stereocenters. The minimum Gasteiger partial charge on any atom is -0.122 e. The monoisotopic (exact) mass is 312 g/mol. The SMILES string of the molecule is ClC/C=C/CCCCC/C=C/CI. The summed E-state index contributed by atoms with van der Waals surface area (Å²) in [4.78, 5) is 0. The fourth-order valence-corrected chi connectivity index (χ4v) is 1.55. The van der Waals surface area contributed by atoms with Gasteiger partial charge in [0, 0.05) is 10.3 Å². The van der Waals surface area contributed by atoms with Gasteiger partial charge >= 0.3 is 0 Å². The number of allylic oxidation sites excluding steroid dienone is 4. The van der Waals surface area contributed by atoms with Crippen LogP contribution in [-0.2, 0) is 0 Å². The van der Waals surface area contributed by atoms with Gasteiger partial charge in [0.1, 0.15) is 0 Å². The minimum absolute atomic E-state index is 0.651. The average molecular weight is 313 g/mol. The van der Waals surface area contributed by atoms with Crippen molar-refractivity contribution < 1.29 is 0 Å². The van der Waals surface area contributed by atoms with Gasteiger partial charge in [0.05, 0.1) is 0 Å². The van der Waals surface area contributed by atoms with E-state index < -0.39 is 0 Å². The quantitative estimate of drug-likeness (QED) is 0.263. The molecule has 0 spiro atoms. The zero-order valence-corrected chi connectivity index (χ0v) is 10.9. The molecule has 0 unspecified atom stereocenters. The summed E-state index contributed by atoms with van der Waals surface area (Å²) in [7, 11) is 0. The van der Waals surface area contributed by atoms with Gasteiger partial charge in [0.2, 0.25) is 0 Å². The Balaban J connectivity index is 2.99. The van der Waals surface area contributed by atoms with Crippen molar-refractivity contribution in [1.82, 2.24) is 0 Å². The Morgan fingerprint density at radius 2 is 1.46 bits per heavy atom. The third-order valence-electron chi connectivity index (χ3n) is 1.75. The molecule has 0 aromatic heterocycles. The maximum Gasteiger partial charge on any atom is 0.0404 e. The highest BCUT2D eigenvalue weighted by Crippen LogP contribution is 2.04. The largest absolute Gasteiger partial charge is 0.122 e. The Bertz CT molecular complexity index is 125. The lowest BCUT2D eigenvalue weighted by molar-refractivity contribution is 0.696. The van der Waals surface area contributed by atoms with E-state index in [-0.39, 0.29) is 0 Å². The normalized spacial score (nSPS) is 11.8. The molecule has 0 aromatic carbocycles. The van der Waals surface area contributed by atoms with Gasteiger partial charge in [-0.1, -0.05) is 53.3 Å². The van der Waals surface area contributed by atoms with Crippen molar-refractivity contribution in [2.24, 2.45) is 0 Å². The number of unbranched alkanes of at least 4 members (excludes halogenated alkanes) is 4. The predicted molar refractivity (Wildman–Crippen MR) is 71.0 cm³/mol. The minimum atomic E-state index is 0.651. The van der Waals surface area contributed by atoms with Gasteiger partial charge in [-0.3, -0.25) is 0 Å². The molecule has 0 aromatic rings. The molecule has 0 aliphatic carbocycles. The van der Waals surface area contributed by atoms with E-state index >= 15 is 0 Å². The van der Waals surface area contributed by atoms with Gasteiger partial charge in [-0.2, -0.15) is 0 Å². The zero-order chi connectivity index (χ0) is 9.78. The fraction of sp³-hybridized carbons (Fsp3) is 0.636. The first-order valence-corrected chi connectivity index (χ1v) is 6.89. The van der Waals surface area contributed by atoms with Crippen LogP contribution in [0.15, 0.2) is 24.3 Å². The van der Waals surface area contributed by atoms with E-state index in [1.54, 1.807) is 0 Å². The van der Waals surface area contributed by atoms with Crippen LogP contribution < -0.4 is 0 Å². The lowest BCUT2D eigenvalue weighted by Crippen LogP contribution is -1.75. The van der Waals surface area contributed by atoms with Gasteiger partial charge in [-0.15, -0.1) is 11.6 Å². The van der Waals surface area contributed by atoms with Gasteiger partial charge in [-0.05, 0) is 25.7 Å². The van der Waals surface area contributed by atoms with Crippen LogP contribution in [0.1, 0.15) is 32.1 Å². The third-order valence-corrected chi connectivity index (χ3v) is 2.44. The summed E-state index contributed by atoms with van der Waals surface area (Å²) in [6.07, 6.45) is 15.1. The first kappa shape index (κ1) is 13.5. The second-order valence-corrected chi connectivity index (χ2v) is 4.08. The van der Waals surface area contributed by atoms with Gasteiger partial charge in [-0.25, -0.2) is 0 Å².